The van der Waals surface area contributed by atoms with E-state index in [0.717, 1.165) is 0 Å². The van der Waals surface area contributed by atoms with Gasteiger partial charge in [-0.05, 0) is 6.07 Å². The highest BCUT2D eigenvalue weighted by Gasteiger charge is 2.47. The quantitative estimate of drug-likeness (QED) is 0.754. The van der Waals surface area contributed by atoms with E-state index in [-0.39, 0.29) is 28.9 Å². The maximum atomic E-state index is 11.0. The Morgan fingerprint density at radius 2 is 2.07 bits per heavy atom. The standard InChI is InChI=1S/C9H5Cl2N3O/c10-7-1-6(8(11)14-13-7)9(4-12)2-5(15)3-9/h1H,2-3H2. The minimum atomic E-state index is -0.853. The fourth-order valence-electron chi connectivity index (χ4n) is 1.64. The molecule has 0 amide bonds. The molecule has 0 spiro atoms. The number of ketones is 1. The molecule has 76 valence electrons. The molecule has 0 aromatic carbocycles. The molecule has 0 saturated heterocycles. The van der Waals surface area contributed by atoms with Gasteiger partial charge >= 0.3 is 0 Å². The van der Waals surface area contributed by atoms with Gasteiger partial charge in [-0.3, -0.25) is 4.79 Å². The van der Waals surface area contributed by atoms with Gasteiger partial charge in [-0.2, -0.15) is 5.26 Å². The molecule has 1 fully saturated rings. The average molecular weight is 242 g/mol. The zero-order chi connectivity index (χ0) is 11.1. The van der Waals surface area contributed by atoms with Gasteiger partial charge in [0.15, 0.2) is 10.3 Å². The minimum Gasteiger partial charge on any atom is -0.300 e. The molecule has 15 heavy (non-hydrogen) atoms. The summed E-state index contributed by atoms with van der Waals surface area (Å²) in [7, 11) is 0. The van der Waals surface area contributed by atoms with Crippen LogP contribution in [0.1, 0.15) is 18.4 Å². The molecule has 0 unspecified atom stereocenters. The minimum absolute atomic E-state index is 0.0422. The van der Waals surface area contributed by atoms with E-state index in [1.807, 2.05) is 0 Å². The zero-order valence-electron chi connectivity index (χ0n) is 7.50. The van der Waals surface area contributed by atoms with Gasteiger partial charge in [0.1, 0.15) is 5.78 Å². The third-order valence-corrected chi connectivity index (χ3v) is 2.91. The first-order valence-electron chi connectivity index (χ1n) is 4.19. The highest BCUT2D eigenvalue weighted by atomic mass is 35.5. The summed E-state index contributed by atoms with van der Waals surface area (Å²) in [6, 6.07) is 3.59. The number of carbonyl (C=O) groups is 1. The fourth-order valence-corrected chi connectivity index (χ4v) is 2.06. The highest BCUT2D eigenvalue weighted by Crippen LogP contribution is 2.43. The maximum absolute atomic E-state index is 11.0. The first-order valence-corrected chi connectivity index (χ1v) is 4.95. The lowest BCUT2D eigenvalue weighted by atomic mass is 9.65. The van der Waals surface area contributed by atoms with Gasteiger partial charge in [0.2, 0.25) is 0 Å². The molecule has 0 aliphatic heterocycles. The van der Waals surface area contributed by atoms with E-state index in [1.54, 1.807) is 0 Å². The number of nitriles is 1. The monoisotopic (exact) mass is 241 g/mol. The van der Waals surface area contributed by atoms with Crippen LogP contribution in [0.5, 0.6) is 0 Å². The second-order valence-corrected chi connectivity index (χ2v) is 4.20. The van der Waals surface area contributed by atoms with Crippen molar-refractivity contribution in [2.45, 2.75) is 18.3 Å². The number of halogens is 2. The summed E-state index contributed by atoms with van der Waals surface area (Å²) in [6.07, 6.45) is 0.344. The molecule has 1 heterocycles. The van der Waals surface area contributed by atoms with Gasteiger partial charge in [0.25, 0.3) is 0 Å². The Kier molecular flexibility index (Phi) is 2.37. The van der Waals surface area contributed by atoms with Crippen LogP contribution in [0.25, 0.3) is 0 Å². The molecular formula is C9H5Cl2N3O. The van der Waals surface area contributed by atoms with Gasteiger partial charge in [0.05, 0.1) is 11.5 Å². The predicted molar refractivity (Wildman–Crippen MR) is 53.6 cm³/mol. The fraction of sp³-hybridized carbons (Fsp3) is 0.333. The van der Waals surface area contributed by atoms with Gasteiger partial charge in [0, 0.05) is 18.4 Å². The average Bonchev–Trinajstić information content (AvgIpc) is 2.17. The first kappa shape index (κ1) is 10.3. The molecule has 2 rings (SSSR count). The van der Waals surface area contributed by atoms with Crippen molar-refractivity contribution in [3.05, 3.63) is 21.9 Å². The van der Waals surface area contributed by atoms with E-state index in [2.05, 4.69) is 16.3 Å². The lowest BCUT2D eigenvalue weighted by Crippen LogP contribution is -2.40. The Morgan fingerprint density at radius 1 is 1.40 bits per heavy atom. The normalized spacial score (nSPS) is 18.1. The first-order chi connectivity index (χ1) is 7.07. The summed E-state index contributed by atoms with van der Waals surface area (Å²) in [5.74, 6) is 0.0422. The molecule has 1 saturated carbocycles. The molecule has 6 heteroatoms. The second kappa shape index (κ2) is 3.44. The van der Waals surface area contributed by atoms with Crippen LogP contribution in [-0.2, 0) is 10.2 Å². The summed E-state index contributed by atoms with van der Waals surface area (Å²) in [4.78, 5) is 11.0. The third-order valence-electron chi connectivity index (χ3n) is 2.45. The van der Waals surface area contributed by atoms with Crippen molar-refractivity contribution in [3.63, 3.8) is 0 Å². The second-order valence-electron chi connectivity index (χ2n) is 3.46. The maximum Gasteiger partial charge on any atom is 0.156 e. The van der Waals surface area contributed by atoms with Crippen LogP contribution in [-0.4, -0.2) is 16.0 Å². The number of hydrogen-bond acceptors (Lipinski definition) is 4. The topological polar surface area (TPSA) is 66.6 Å². The van der Waals surface area contributed by atoms with Crippen molar-refractivity contribution in [2.75, 3.05) is 0 Å². The molecule has 1 aromatic heterocycles. The Hall–Kier alpha value is -1.18. The van der Waals surface area contributed by atoms with Crippen LogP contribution in [0.15, 0.2) is 6.07 Å². The van der Waals surface area contributed by atoms with E-state index < -0.39 is 5.41 Å². The molecule has 0 atom stereocenters. The van der Waals surface area contributed by atoms with Crippen LogP contribution in [0.4, 0.5) is 0 Å². The van der Waals surface area contributed by atoms with Crippen LogP contribution < -0.4 is 0 Å². The Balaban J connectivity index is 2.49. The molecule has 1 aliphatic rings. The Morgan fingerprint density at radius 3 is 2.60 bits per heavy atom. The predicted octanol–water partition coefficient (Wildman–Crippen LogP) is 1.91. The van der Waals surface area contributed by atoms with E-state index in [4.69, 9.17) is 28.5 Å². The van der Waals surface area contributed by atoms with Crippen molar-refractivity contribution >= 4 is 29.0 Å². The number of hydrogen-bond donors (Lipinski definition) is 0. The van der Waals surface area contributed by atoms with Crippen molar-refractivity contribution in [3.8, 4) is 6.07 Å². The third kappa shape index (κ3) is 1.58. The van der Waals surface area contributed by atoms with Crippen LogP contribution in [0.3, 0.4) is 0 Å². The molecule has 0 bridgehead atoms. The summed E-state index contributed by atoms with van der Waals surface area (Å²) in [5, 5.41) is 16.5. The lowest BCUT2D eigenvalue weighted by Gasteiger charge is -2.34. The molecular weight excluding hydrogens is 237 g/mol. The van der Waals surface area contributed by atoms with Crippen molar-refractivity contribution < 1.29 is 4.79 Å². The summed E-state index contributed by atoms with van der Waals surface area (Å²) < 4.78 is 0. The molecule has 0 N–H and O–H groups in total. The summed E-state index contributed by atoms with van der Waals surface area (Å²) >= 11 is 11.5. The summed E-state index contributed by atoms with van der Waals surface area (Å²) in [6.45, 7) is 0. The zero-order valence-corrected chi connectivity index (χ0v) is 9.01. The molecule has 1 aliphatic carbocycles. The number of aromatic nitrogens is 2. The van der Waals surface area contributed by atoms with Crippen molar-refractivity contribution in [2.24, 2.45) is 0 Å². The number of Topliss-reactive ketones (excluding diaryl/α,β-unsaturated/α-hetero) is 1. The molecule has 1 aromatic rings. The molecule has 0 radical (unpaired) electrons. The molecule has 4 nitrogen and oxygen atoms in total. The van der Waals surface area contributed by atoms with Crippen LogP contribution in [0.2, 0.25) is 10.3 Å². The Bertz CT molecular complexity index is 473. The Labute approximate surface area is 95.8 Å². The van der Waals surface area contributed by atoms with Gasteiger partial charge in [-0.1, -0.05) is 23.2 Å². The number of rotatable bonds is 1. The lowest BCUT2D eigenvalue weighted by molar-refractivity contribution is -0.126. The smallest absolute Gasteiger partial charge is 0.156 e. The van der Waals surface area contributed by atoms with Crippen LogP contribution in [0, 0.1) is 11.3 Å². The van der Waals surface area contributed by atoms with Crippen molar-refractivity contribution in [1.29, 1.82) is 5.26 Å². The van der Waals surface area contributed by atoms with Gasteiger partial charge < -0.3 is 0 Å². The van der Waals surface area contributed by atoms with Gasteiger partial charge in [-0.15, -0.1) is 10.2 Å². The summed E-state index contributed by atoms with van der Waals surface area (Å²) in [5.41, 5.74) is -0.362. The van der Waals surface area contributed by atoms with Crippen LogP contribution >= 0.6 is 23.2 Å². The largest absolute Gasteiger partial charge is 0.300 e. The van der Waals surface area contributed by atoms with E-state index in [1.165, 1.54) is 6.07 Å². The van der Waals surface area contributed by atoms with E-state index in [9.17, 15) is 4.79 Å². The number of nitrogens with zero attached hydrogens (tertiary/aromatic N) is 3. The highest BCUT2D eigenvalue weighted by molar-refractivity contribution is 6.32. The van der Waals surface area contributed by atoms with E-state index >= 15 is 0 Å². The van der Waals surface area contributed by atoms with E-state index in [0.29, 0.717) is 5.56 Å². The van der Waals surface area contributed by atoms with Gasteiger partial charge in [-0.25, -0.2) is 0 Å². The van der Waals surface area contributed by atoms with Crippen molar-refractivity contribution in [1.82, 2.24) is 10.2 Å². The number of carbonyl (C=O) groups excluding carboxylic acids is 1. The SMILES string of the molecule is N#CC1(c2cc(Cl)nnc2Cl)CC(=O)C1.